The molecule has 0 atom stereocenters. The van der Waals surface area contributed by atoms with Crippen molar-refractivity contribution >= 4 is 6.03 Å². The van der Waals surface area contributed by atoms with Crippen LogP contribution in [0.5, 0.6) is 0 Å². The van der Waals surface area contributed by atoms with Crippen molar-refractivity contribution in [1.29, 1.82) is 0 Å². The smallest absolute Gasteiger partial charge is 0.314 e. The molecular weight excluding hydrogens is 243 g/mol. The minimum atomic E-state index is -0.444. The highest BCUT2D eigenvalue weighted by Crippen LogP contribution is 2.24. The first-order valence-corrected chi connectivity index (χ1v) is 6.59. The summed E-state index contributed by atoms with van der Waals surface area (Å²) in [6, 6.07) is 6.45. The van der Waals surface area contributed by atoms with E-state index in [0.717, 1.165) is 0 Å². The number of hydrogen-bond donors (Lipinski definition) is 2. The monoisotopic (exact) mass is 266 g/mol. The minimum Gasteiger partial charge on any atom is -0.338 e. The molecule has 0 aliphatic heterocycles. The van der Waals surface area contributed by atoms with Crippen molar-refractivity contribution in [2.45, 2.75) is 33.1 Å². The zero-order valence-corrected chi connectivity index (χ0v) is 12.1. The van der Waals surface area contributed by atoms with Crippen LogP contribution in [-0.2, 0) is 5.41 Å². The molecule has 0 aromatic heterocycles. The SMILES string of the molecule is CC(C)CNC(=O)NCC(C)(C)c1ccccc1F. The van der Waals surface area contributed by atoms with Gasteiger partial charge in [0.25, 0.3) is 0 Å². The van der Waals surface area contributed by atoms with Crippen LogP contribution in [-0.4, -0.2) is 19.1 Å². The molecular formula is C15H23FN2O. The molecule has 0 unspecified atom stereocenters. The van der Waals surface area contributed by atoms with Gasteiger partial charge in [-0.25, -0.2) is 9.18 Å². The second-order valence-corrected chi connectivity index (χ2v) is 5.82. The first kappa shape index (κ1) is 15.5. The summed E-state index contributed by atoms with van der Waals surface area (Å²) in [5.41, 5.74) is 0.166. The molecule has 2 amide bonds. The Hall–Kier alpha value is -1.58. The molecule has 0 aliphatic rings. The molecule has 19 heavy (non-hydrogen) atoms. The number of amides is 2. The maximum absolute atomic E-state index is 13.7. The Labute approximate surface area is 114 Å². The first-order chi connectivity index (χ1) is 8.83. The molecule has 1 rings (SSSR count). The summed E-state index contributed by atoms with van der Waals surface area (Å²) in [4.78, 5) is 11.6. The van der Waals surface area contributed by atoms with Gasteiger partial charge in [0.15, 0.2) is 0 Å². The van der Waals surface area contributed by atoms with Crippen LogP contribution in [0.2, 0.25) is 0 Å². The van der Waals surface area contributed by atoms with E-state index in [1.807, 2.05) is 27.7 Å². The Bertz CT molecular complexity index is 430. The second kappa shape index (κ2) is 6.55. The topological polar surface area (TPSA) is 41.1 Å². The summed E-state index contributed by atoms with van der Waals surface area (Å²) < 4.78 is 13.7. The van der Waals surface area contributed by atoms with E-state index in [1.165, 1.54) is 6.07 Å². The lowest BCUT2D eigenvalue weighted by molar-refractivity contribution is 0.237. The number of nitrogens with one attached hydrogen (secondary N) is 2. The highest BCUT2D eigenvalue weighted by atomic mass is 19.1. The summed E-state index contributed by atoms with van der Waals surface area (Å²) in [7, 11) is 0. The van der Waals surface area contributed by atoms with Crippen LogP contribution in [0.4, 0.5) is 9.18 Å². The normalized spacial score (nSPS) is 11.5. The van der Waals surface area contributed by atoms with E-state index < -0.39 is 5.41 Å². The Balaban J connectivity index is 2.56. The maximum atomic E-state index is 13.7. The summed E-state index contributed by atoms with van der Waals surface area (Å²) in [6.45, 7) is 8.90. The summed E-state index contributed by atoms with van der Waals surface area (Å²) in [6.07, 6.45) is 0. The highest BCUT2D eigenvalue weighted by Gasteiger charge is 2.24. The molecule has 3 nitrogen and oxygen atoms in total. The van der Waals surface area contributed by atoms with Gasteiger partial charge in [-0.2, -0.15) is 0 Å². The van der Waals surface area contributed by atoms with Gasteiger partial charge < -0.3 is 10.6 Å². The number of carbonyl (C=O) groups is 1. The van der Waals surface area contributed by atoms with Crippen LogP contribution in [0.25, 0.3) is 0 Å². The molecule has 4 heteroatoms. The molecule has 0 heterocycles. The molecule has 1 aromatic carbocycles. The second-order valence-electron chi connectivity index (χ2n) is 5.82. The Morgan fingerprint density at radius 1 is 1.26 bits per heavy atom. The van der Waals surface area contributed by atoms with Gasteiger partial charge in [0.1, 0.15) is 5.82 Å². The zero-order valence-electron chi connectivity index (χ0n) is 12.1. The van der Waals surface area contributed by atoms with E-state index in [4.69, 9.17) is 0 Å². The molecule has 0 bridgehead atoms. The standard InChI is InChI=1S/C15H23FN2O/c1-11(2)9-17-14(19)18-10-15(3,4)12-7-5-6-8-13(12)16/h5-8,11H,9-10H2,1-4H3,(H2,17,18,19). The third-order valence-corrected chi connectivity index (χ3v) is 2.96. The summed E-state index contributed by atoms with van der Waals surface area (Å²) in [5.74, 6) is 0.169. The quantitative estimate of drug-likeness (QED) is 0.845. The van der Waals surface area contributed by atoms with Crippen molar-refractivity contribution in [2.75, 3.05) is 13.1 Å². The average Bonchev–Trinajstić information content (AvgIpc) is 2.34. The number of hydrogen-bond acceptors (Lipinski definition) is 1. The lowest BCUT2D eigenvalue weighted by Gasteiger charge is -2.26. The Morgan fingerprint density at radius 2 is 1.89 bits per heavy atom. The van der Waals surface area contributed by atoms with Gasteiger partial charge in [-0.1, -0.05) is 45.9 Å². The van der Waals surface area contributed by atoms with Crippen molar-refractivity contribution in [1.82, 2.24) is 10.6 Å². The van der Waals surface area contributed by atoms with E-state index in [1.54, 1.807) is 18.2 Å². The van der Waals surface area contributed by atoms with E-state index in [2.05, 4.69) is 10.6 Å². The van der Waals surface area contributed by atoms with Gasteiger partial charge in [0.05, 0.1) is 0 Å². The summed E-state index contributed by atoms with van der Waals surface area (Å²) in [5, 5.41) is 5.56. The van der Waals surface area contributed by atoms with Crippen LogP contribution in [0.3, 0.4) is 0 Å². The van der Waals surface area contributed by atoms with Crippen LogP contribution < -0.4 is 10.6 Å². The van der Waals surface area contributed by atoms with Gasteiger partial charge >= 0.3 is 6.03 Å². The minimum absolute atomic E-state index is 0.210. The molecule has 0 fully saturated rings. The van der Waals surface area contributed by atoms with Crippen LogP contribution in [0.15, 0.2) is 24.3 Å². The highest BCUT2D eigenvalue weighted by molar-refractivity contribution is 5.73. The largest absolute Gasteiger partial charge is 0.338 e. The Kier molecular flexibility index (Phi) is 5.33. The lowest BCUT2D eigenvalue weighted by Crippen LogP contribution is -2.43. The molecule has 2 N–H and O–H groups in total. The van der Waals surface area contributed by atoms with E-state index in [9.17, 15) is 9.18 Å². The molecule has 0 radical (unpaired) electrons. The third-order valence-electron chi connectivity index (χ3n) is 2.96. The van der Waals surface area contributed by atoms with Crippen molar-refractivity contribution < 1.29 is 9.18 Å². The molecule has 0 saturated heterocycles. The van der Waals surface area contributed by atoms with Gasteiger partial charge in [-0.3, -0.25) is 0 Å². The van der Waals surface area contributed by atoms with Crippen molar-refractivity contribution in [2.24, 2.45) is 5.92 Å². The maximum Gasteiger partial charge on any atom is 0.314 e. The Morgan fingerprint density at radius 3 is 2.47 bits per heavy atom. The van der Waals surface area contributed by atoms with E-state index in [-0.39, 0.29) is 11.8 Å². The predicted molar refractivity (Wildman–Crippen MR) is 75.7 cm³/mol. The average molecular weight is 266 g/mol. The number of urea groups is 1. The van der Waals surface area contributed by atoms with Gasteiger partial charge in [0.2, 0.25) is 0 Å². The van der Waals surface area contributed by atoms with Crippen molar-refractivity contribution in [3.63, 3.8) is 0 Å². The van der Waals surface area contributed by atoms with Crippen LogP contribution in [0, 0.1) is 11.7 Å². The van der Waals surface area contributed by atoms with Gasteiger partial charge in [-0.05, 0) is 17.5 Å². The number of halogens is 1. The molecule has 0 saturated carbocycles. The number of benzene rings is 1. The van der Waals surface area contributed by atoms with E-state index in [0.29, 0.717) is 24.6 Å². The van der Waals surface area contributed by atoms with Gasteiger partial charge in [0, 0.05) is 18.5 Å². The fraction of sp³-hybridized carbons (Fsp3) is 0.533. The fourth-order valence-corrected chi connectivity index (χ4v) is 1.77. The zero-order chi connectivity index (χ0) is 14.5. The lowest BCUT2D eigenvalue weighted by atomic mass is 9.84. The van der Waals surface area contributed by atoms with Crippen molar-refractivity contribution in [3.05, 3.63) is 35.6 Å². The van der Waals surface area contributed by atoms with Crippen LogP contribution >= 0.6 is 0 Å². The molecule has 106 valence electrons. The predicted octanol–water partition coefficient (Wildman–Crippen LogP) is 3.06. The van der Waals surface area contributed by atoms with Crippen LogP contribution in [0.1, 0.15) is 33.3 Å². The summed E-state index contributed by atoms with van der Waals surface area (Å²) >= 11 is 0. The molecule has 0 aliphatic carbocycles. The first-order valence-electron chi connectivity index (χ1n) is 6.59. The molecule has 0 spiro atoms. The number of carbonyl (C=O) groups excluding carboxylic acids is 1. The van der Waals surface area contributed by atoms with Gasteiger partial charge in [-0.15, -0.1) is 0 Å². The molecule has 1 aromatic rings. The fourth-order valence-electron chi connectivity index (χ4n) is 1.77. The third kappa shape index (κ3) is 4.89. The van der Waals surface area contributed by atoms with E-state index >= 15 is 0 Å². The number of rotatable bonds is 5. The van der Waals surface area contributed by atoms with Crippen molar-refractivity contribution in [3.8, 4) is 0 Å².